The number of nitrogens with one attached hydrogen (secondary N) is 2. The number of amidine groups is 1. The highest BCUT2D eigenvalue weighted by atomic mass is 19.1. The van der Waals surface area contributed by atoms with Gasteiger partial charge in [-0.3, -0.25) is 9.36 Å². The largest absolute Gasteiger partial charge is 0.464 e. The summed E-state index contributed by atoms with van der Waals surface area (Å²) in [7, 11) is 0. The molecule has 1 saturated carbocycles. The lowest BCUT2D eigenvalue weighted by Crippen LogP contribution is -2.43. The number of aryl methyl sites for hydroxylation is 1. The Balaban J connectivity index is 1.19. The number of piperazine rings is 1. The first-order chi connectivity index (χ1) is 18.5. The summed E-state index contributed by atoms with van der Waals surface area (Å²) in [6.45, 7) is 5.47. The summed E-state index contributed by atoms with van der Waals surface area (Å²) in [5.41, 5.74) is 2.20. The van der Waals surface area contributed by atoms with Gasteiger partial charge in [0.1, 0.15) is 18.0 Å². The van der Waals surface area contributed by atoms with Crippen LogP contribution in [0.15, 0.2) is 46.5 Å². The Morgan fingerprint density at radius 1 is 1.24 bits per heavy atom. The minimum absolute atomic E-state index is 0.00602. The van der Waals surface area contributed by atoms with Gasteiger partial charge in [-0.1, -0.05) is 0 Å². The molecule has 3 aromatic rings. The molecule has 2 N–H and O–H groups in total. The van der Waals surface area contributed by atoms with Crippen molar-refractivity contribution in [2.45, 2.75) is 26.0 Å². The van der Waals surface area contributed by atoms with Crippen molar-refractivity contribution < 1.29 is 13.9 Å². The molecule has 6 rings (SSSR count). The van der Waals surface area contributed by atoms with Gasteiger partial charge in [-0.2, -0.15) is 5.26 Å². The Kier molecular flexibility index (Phi) is 6.25. The number of halogens is 1. The SMILES string of the molecule is Cc1cc2c(F)c(OC3N=CN=C(Nc4ccc(N5CCNCC5)cn4)C3C#N)ccc2n1C(=O)C1CC1. The van der Waals surface area contributed by atoms with Gasteiger partial charge in [0.05, 0.1) is 23.5 Å². The zero-order valence-corrected chi connectivity index (χ0v) is 20.9. The van der Waals surface area contributed by atoms with E-state index in [4.69, 9.17) is 4.74 Å². The summed E-state index contributed by atoms with van der Waals surface area (Å²) >= 11 is 0. The van der Waals surface area contributed by atoms with Gasteiger partial charge in [0.2, 0.25) is 12.1 Å². The molecule has 0 amide bonds. The van der Waals surface area contributed by atoms with Crippen molar-refractivity contribution in [2.75, 3.05) is 36.4 Å². The van der Waals surface area contributed by atoms with Crippen molar-refractivity contribution >= 4 is 40.5 Å². The predicted octanol–water partition coefficient (Wildman–Crippen LogP) is 3.34. The standard InChI is InChI=1S/C27H27FN8O2/c1-16-12-19-21(36(16)27(37)17-2-3-17)5-6-22(24(19)28)38-26-20(13-29)25(32-15-33-26)34-23-7-4-18(14-31-23)35-10-8-30-9-11-35/h4-7,12,14-15,17,20,26,30H,2-3,8-11H2,1H3,(H,31,32,33,34). The van der Waals surface area contributed by atoms with Crippen molar-refractivity contribution in [1.82, 2.24) is 14.9 Å². The molecule has 3 aliphatic rings. The maximum atomic E-state index is 15.5. The van der Waals surface area contributed by atoms with Crippen LogP contribution in [0.25, 0.3) is 10.9 Å². The number of carbonyl (C=O) groups is 1. The number of hydrogen-bond acceptors (Lipinski definition) is 9. The third-order valence-electron chi connectivity index (χ3n) is 7.08. The fraction of sp³-hybridized carbons (Fsp3) is 0.370. The Morgan fingerprint density at radius 3 is 2.76 bits per heavy atom. The van der Waals surface area contributed by atoms with Gasteiger partial charge in [-0.25, -0.2) is 19.4 Å². The molecule has 2 unspecified atom stereocenters. The number of ether oxygens (including phenoxy) is 1. The monoisotopic (exact) mass is 514 g/mol. The summed E-state index contributed by atoms with van der Waals surface area (Å²) < 4.78 is 23.0. The Morgan fingerprint density at radius 2 is 2.05 bits per heavy atom. The lowest BCUT2D eigenvalue weighted by molar-refractivity contribution is 0.0889. The van der Waals surface area contributed by atoms with Crippen molar-refractivity contribution in [3.8, 4) is 11.8 Å². The van der Waals surface area contributed by atoms with E-state index in [2.05, 4.69) is 36.6 Å². The molecular formula is C27H27FN8O2. The van der Waals surface area contributed by atoms with Crippen LogP contribution in [0.2, 0.25) is 0 Å². The van der Waals surface area contributed by atoms with Crippen LogP contribution in [0.3, 0.4) is 0 Å². The summed E-state index contributed by atoms with van der Waals surface area (Å²) in [5, 5.41) is 16.6. The Bertz CT molecular complexity index is 1480. The number of carbonyl (C=O) groups excluding carboxylic acids is 1. The summed E-state index contributed by atoms with van der Waals surface area (Å²) in [6.07, 6.45) is 3.80. The molecular weight excluding hydrogens is 487 g/mol. The Labute approximate surface area is 218 Å². The van der Waals surface area contributed by atoms with Gasteiger partial charge < -0.3 is 20.3 Å². The quantitative estimate of drug-likeness (QED) is 0.536. The fourth-order valence-electron chi connectivity index (χ4n) is 4.88. The summed E-state index contributed by atoms with van der Waals surface area (Å²) in [5.74, 6) is -0.706. The second kappa shape index (κ2) is 9.87. The van der Waals surface area contributed by atoms with E-state index in [0.29, 0.717) is 28.3 Å². The van der Waals surface area contributed by atoms with E-state index in [-0.39, 0.29) is 17.6 Å². The molecule has 1 aliphatic carbocycles. The lowest BCUT2D eigenvalue weighted by atomic mass is 10.1. The van der Waals surface area contributed by atoms with Crippen LogP contribution in [0, 0.1) is 35.9 Å². The fourth-order valence-corrected chi connectivity index (χ4v) is 4.88. The first-order valence-corrected chi connectivity index (χ1v) is 12.7. The third-order valence-corrected chi connectivity index (χ3v) is 7.08. The van der Waals surface area contributed by atoms with E-state index >= 15 is 4.39 Å². The van der Waals surface area contributed by atoms with Crippen LogP contribution in [-0.4, -0.2) is 60.0 Å². The number of benzene rings is 1. The van der Waals surface area contributed by atoms with Gasteiger partial charge in [0.15, 0.2) is 17.5 Å². The molecule has 2 atom stereocenters. The molecule has 0 radical (unpaired) electrons. The summed E-state index contributed by atoms with van der Waals surface area (Å²) in [6, 6.07) is 10.8. The smallest absolute Gasteiger partial charge is 0.234 e. The van der Waals surface area contributed by atoms with Gasteiger partial charge in [0, 0.05) is 43.2 Å². The van der Waals surface area contributed by atoms with Crippen molar-refractivity contribution in [3.63, 3.8) is 0 Å². The highest BCUT2D eigenvalue weighted by Gasteiger charge is 2.34. The number of aliphatic imine (C=N–C) groups is 2. The number of nitriles is 1. The molecule has 1 aromatic carbocycles. The predicted molar refractivity (Wildman–Crippen MR) is 142 cm³/mol. The van der Waals surface area contributed by atoms with Crippen LogP contribution in [0.1, 0.15) is 23.3 Å². The van der Waals surface area contributed by atoms with Crippen LogP contribution >= 0.6 is 0 Å². The number of aromatic nitrogens is 2. The van der Waals surface area contributed by atoms with Crippen LogP contribution in [0.5, 0.6) is 5.75 Å². The van der Waals surface area contributed by atoms with Crippen molar-refractivity contribution in [3.05, 3.63) is 48.0 Å². The molecule has 2 fully saturated rings. The topological polar surface area (TPSA) is 120 Å². The second-order valence-electron chi connectivity index (χ2n) is 9.70. The maximum absolute atomic E-state index is 15.5. The van der Waals surface area contributed by atoms with E-state index < -0.39 is 18.0 Å². The van der Waals surface area contributed by atoms with Crippen LogP contribution in [-0.2, 0) is 0 Å². The first kappa shape index (κ1) is 24.1. The number of hydrogen-bond donors (Lipinski definition) is 2. The highest BCUT2D eigenvalue weighted by molar-refractivity contribution is 6.03. The van der Waals surface area contributed by atoms with E-state index in [1.807, 2.05) is 12.1 Å². The summed E-state index contributed by atoms with van der Waals surface area (Å²) in [4.78, 5) is 27.9. The Hall–Kier alpha value is -4.30. The maximum Gasteiger partial charge on any atom is 0.234 e. The molecule has 1 saturated heterocycles. The lowest BCUT2D eigenvalue weighted by Gasteiger charge is -2.29. The normalized spacial score (nSPS) is 21.2. The number of anilines is 2. The zero-order valence-electron chi connectivity index (χ0n) is 20.9. The average Bonchev–Trinajstić information content (AvgIpc) is 3.73. The van der Waals surface area contributed by atoms with Crippen molar-refractivity contribution in [2.24, 2.45) is 21.8 Å². The van der Waals surface area contributed by atoms with Gasteiger partial charge >= 0.3 is 0 Å². The minimum Gasteiger partial charge on any atom is -0.464 e. The molecule has 0 bridgehead atoms. The number of rotatable bonds is 5. The van der Waals surface area contributed by atoms with E-state index in [0.717, 1.165) is 44.7 Å². The molecule has 2 aliphatic heterocycles. The number of pyridine rings is 1. The van der Waals surface area contributed by atoms with Gasteiger partial charge in [-0.05, 0) is 50.1 Å². The van der Waals surface area contributed by atoms with E-state index in [1.54, 1.807) is 29.8 Å². The third kappa shape index (κ3) is 4.48. The molecule has 38 heavy (non-hydrogen) atoms. The van der Waals surface area contributed by atoms with Crippen molar-refractivity contribution in [1.29, 1.82) is 5.26 Å². The molecule has 11 heteroatoms. The highest BCUT2D eigenvalue weighted by Crippen LogP contribution is 2.35. The molecule has 194 valence electrons. The zero-order chi connectivity index (χ0) is 26.2. The van der Waals surface area contributed by atoms with Crippen LogP contribution in [0.4, 0.5) is 15.9 Å². The number of nitrogens with zero attached hydrogens (tertiary/aromatic N) is 6. The van der Waals surface area contributed by atoms with Crippen LogP contribution < -0.4 is 20.3 Å². The molecule has 2 aromatic heterocycles. The molecule has 0 spiro atoms. The van der Waals surface area contributed by atoms with E-state index in [1.165, 1.54) is 12.4 Å². The van der Waals surface area contributed by atoms with E-state index in [9.17, 15) is 10.1 Å². The van der Waals surface area contributed by atoms with Gasteiger partial charge in [0.25, 0.3) is 0 Å². The molecule has 10 nitrogen and oxygen atoms in total. The molecule has 4 heterocycles. The van der Waals surface area contributed by atoms with Gasteiger partial charge in [-0.15, -0.1) is 0 Å². The second-order valence-corrected chi connectivity index (χ2v) is 9.70. The number of fused-ring (bicyclic) bond motifs is 1. The average molecular weight is 515 g/mol. The minimum atomic E-state index is -1.01. The first-order valence-electron chi connectivity index (χ1n) is 12.7.